The third kappa shape index (κ3) is 21.3. The SMILES string of the molecule is CCCCCCCC(=O)N[C@H](COP(=O)(OC[C@@H](NC(=O)CCCCCCC)c1ccccc1)OC[C@@H](NC(=O)CCCCCCC)c1ccccc1)c1ccccc1. The molecule has 3 rings (SSSR count). The number of phosphoric ester groups is 1. The average Bonchev–Trinajstić information content (AvgIpc) is 3.26. The van der Waals surface area contributed by atoms with Crippen molar-refractivity contribution in [1.29, 1.82) is 0 Å². The van der Waals surface area contributed by atoms with Crippen LogP contribution in [0.3, 0.4) is 0 Å². The van der Waals surface area contributed by atoms with E-state index in [-0.39, 0.29) is 37.5 Å². The average molecular weight is 834 g/mol. The quantitative estimate of drug-likeness (QED) is 0.0411. The predicted octanol–water partition coefficient (Wildman–Crippen LogP) is 11.8. The minimum atomic E-state index is -4.43. The lowest BCUT2D eigenvalue weighted by Crippen LogP contribution is -2.33. The second kappa shape index (κ2) is 30.2. The van der Waals surface area contributed by atoms with Crippen molar-refractivity contribution in [3.05, 3.63) is 108 Å². The summed E-state index contributed by atoms with van der Waals surface area (Å²) in [4.78, 5) is 39.6. The number of hydrogen-bond donors (Lipinski definition) is 3. The number of hydrogen-bond acceptors (Lipinski definition) is 7. The van der Waals surface area contributed by atoms with Gasteiger partial charge in [0.1, 0.15) is 0 Å². The highest BCUT2D eigenvalue weighted by atomic mass is 31.2. The fourth-order valence-electron chi connectivity index (χ4n) is 6.80. The summed E-state index contributed by atoms with van der Waals surface area (Å²) in [6, 6.07) is 26.3. The minimum Gasteiger partial charge on any atom is -0.347 e. The first kappa shape index (κ1) is 49.5. The van der Waals surface area contributed by atoms with Crippen molar-refractivity contribution in [1.82, 2.24) is 16.0 Å². The second-order valence-corrected chi connectivity index (χ2v) is 17.1. The molecular formula is C48H72N3O7P. The lowest BCUT2D eigenvalue weighted by Gasteiger charge is -2.27. The van der Waals surface area contributed by atoms with Gasteiger partial charge in [0.2, 0.25) is 17.7 Å². The van der Waals surface area contributed by atoms with Gasteiger partial charge in [-0.25, -0.2) is 4.57 Å². The zero-order valence-corrected chi connectivity index (χ0v) is 36.9. The molecule has 0 aliphatic carbocycles. The van der Waals surface area contributed by atoms with E-state index in [1.165, 1.54) is 0 Å². The summed E-state index contributed by atoms with van der Waals surface area (Å²) in [5.74, 6) is -0.379. The van der Waals surface area contributed by atoms with Gasteiger partial charge in [0, 0.05) is 19.3 Å². The molecule has 11 heteroatoms. The van der Waals surface area contributed by atoms with Crippen LogP contribution in [0.15, 0.2) is 91.0 Å². The third-order valence-corrected chi connectivity index (χ3v) is 11.7. The summed E-state index contributed by atoms with van der Waals surface area (Å²) in [5.41, 5.74) is 2.33. The van der Waals surface area contributed by atoms with Gasteiger partial charge in [0.05, 0.1) is 37.9 Å². The Bertz CT molecular complexity index is 1420. The van der Waals surface area contributed by atoms with E-state index in [2.05, 4.69) is 36.7 Å². The van der Waals surface area contributed by atoms with E-state index in [4.69, 9.17) is 13.6 Å². The second-order valence-electron chi connectivity index (χ2n) is 15.4. The maximum atomic E-state index is 14.9. The molecule has 326 valence electrons. The van der Waals surface area contributed by atoms with Crippen LogP contribution in [-0.4, -0.2) is 37.5 Å². The molecule has 3 amide bonds. The van der Waals surface area contributed by atoms with Crippen molar-refractivity contribution >= 4 is 25.5 Å². The summed E-state index contributed by atoms with van der Waals surface area (Å²) >= 11 is 0. The Morgan fingerprint density at radius 2 is 0.678 bits per heavy atom. The van der Waals surface area contributed by atoms with Crippen molar-refractivity contribution < 1.29 is 32.5 Å². The summed E-state index contributed by atoms with van der Waals surface area (Å²) < 4.78 is 33.4. The fraction of sp³-hybridized carbons (Fsp3) is 0.562. The first-order valence-corrected chi connectivity index (χ1v) is 23.8. The van der Waals surface area contributed by atoms with Crippen LogP contribution in [0.4, 0.5) is 0 Å². The molecule has 0 radical (unpaired) electrons. The summed E-state index contributed by atoms with van der Waals surface area (Å²) in [5, 5.41) is 9.25. The molecule has 0 bridgehead atoms. The van der Waals surface area contributed by atoms with Crippen molar-refractivity contribution in [3.63, 3.8) is 0 Å². The Balaban J connectivity index is 1.85. The zero-order valence-electron chi connectivity index (χ0n) is 36.0. The van der Waals surface area contributed by atoms with Crippen molar-refractivity contribution in [2.45, 2.75) is 154 Å². The number of nitrogens with one attached hydrogen (secondary N) is 3. The van der Waals surface area contributed by atoms with Crippen molar-refractivity contribution in [3.8, 4) is 0 Å². The molecule has 0 aromatic heterocycles. The van der Waals surface area contributed by atoms with Gasteiger partial charge in [-0.3, -0.25) is 28.0 Å². The molecular weight excluding hydrogens is 762 g/mol. The fourth-order valence-corrected chi connectivity index (χ4v) is 8.01. The van der Waals surface area contributed by atoms with Gasteiger partial charge in [0.25, 0.3) is 0 Å². The summed E-state index contributed by atoms with van der Waals surface area (Å²) in [6.45, 7) is 5.86. The molecule has 3 atom stereocenters. The van der Waals surface area contributed by atoms with Gasteiger partial charge in [0.15, 0.2) is 0 Å². The molecule has 0 unspecified atom stereocenters. The van der Waals surface area contributed by atoms with Crippen LogP contribution in [0.1, 0.15) is 171 Å². The standard InChI is InChI=1S/C48H72N3O7P/c1-4-7-10-13-25-34-46(52)49-43(40-28-19-16-20-29-40)37-56-59(55,57-38-44(41-30-21-17-22-31-41)50-47(53)35-26-14-11-8-5-2)58-39-45(42-32-23-18-24-33-42)51-48(54)36-27-15-12-9-6-3/h16-24,28-33,43-45H,4-15,25-27,34-39H2,1-3H3,(H,49,52)(H,50,53)(H,51,54)/t43-,44-,45-/m1/s1. The van der Waals surface area contributed by atoms with Crippen LogP contribution in [0.2, 0.25) is 0 Å². The Hall–Kier alpha value is -3.82. The van der Waals surface area contributed by atoms with Crippen LogP contribution >= 0.6 is 7.82 Å². The number of carbonyl (C=O) groups excluding carboxylic acids is 3. The molecule has 3 aromatic rings. The Kier molecular flexibility index (Phi) is 25.4. The molecule has 0 saturated heterocycles. The molecule has 0 aliphatic heterocycles. The largest absolute Gasteiger partial charge is 0.475 e. The van der Waals surface area contributed by atoms with Crippen molar-refractivity contribution in [2.75, 3.05) is 19.8 Å². The van der Waals surface area contributed by atoms with Gasteiger partial charge < -0.3 is 16.0 Å². The molecule has 0 aliphatic rings. The first-order chi connectivity index (χ1) is 28.8. The van der Waals surface area contributed by atoms with E-state index in [0.29, 0.717) is 19.3 Å². The van der Waals surface area contributed by atoms with Crippen LogP contribution in [0, 0.1) is 0 Å². The molecule has 0 saturated carbocycles. The monoisotopic (exact) mass is 834 g/mol. The smallest absolute Gasteiger partial charge is 0.347 e. The van der Waals surface area contributed by atoms with Crippen LogP contribution in [-0.2, 0) is 32.5 Å². The van der Waals surface area contributed by atoms with Crippen molar-refractivity contribution in [2.24, 2.45) is 0 Å². The van der Waals surface area contributed by atoms with Gasteiger partial charge in [-0.1, -0.05) is 189 Å². The summed E-state index contributed by atoms with van der Waals surface area (Å²) in [6.07, 6.45) is 16.4. The van der Waals surface area contributed by atoms with E-state index in [1.807, 2.05) is 91.0 Å². The number of rotatable bonds is 33. The minimum absolute atomic E-state index is 0.126. The summed E-state index contributed by atoms with van der Waals surface area (Å²) in [7, 11) is -4.43. The van der Waals surface area contributed by atoms with E-state index < -0.39 is 25.9 Å². The van der Waals surface area contributed by atoms with Gasteiger partial charge in [-0.15, -0.1) is 0 Å². The Morgan fingerprint density at radius 3 is 0.932 bits per heavy atom. The van der Waals surface area contributed by atoms with E-state index in [0.717, 1.165) is 113 Å². The zero-order chi connectivity index (χ0) is 42.4. The van der Waals surface area contributed by atoms with Gasteiger partial charge >= 0.3 is 7.82 Å². The van der Waals surface area contributed by atoms with E-state index >= 15 is 0 Å². The number of carbonyl (C=O) groups is 3. The Morgan fingerprint density at radius 1 is 0.424 bits per heavy atom. The topological polar surface area (TPSA) is 132 Å². The maximum Gasteiger partial charge on any atom is 0.475 e. The van der Waals surface area contributed by atoms with E-state index in [1.54, 1.807) is 0 Å². The normalized spacial score (nSPS) is 13.0. The lowest BCUT2D eigenvalue weighted by molar-refractivity contribution is -0.122. The predicted molar refractivity (Wildman–Crippen MR) is 238 cm³/mol. The number of phosphoric acid groups is 1. The molecule has 3 aromatic carbocycles. The van der Waals surface area contributed by atoms with Crippen LogP contribution < -0.4 is 16.0 Å². The molecule has 0 fully saturated rings. The van der Waals surface area contributed by atoms with E-state index in [9.17, 15) is 18.9 Å². The van der Waals surface area contributed by atoms with Gasteiger partial charge in [-0.05, 0) is 36.0 Å². The molecule has 3 N–H and O–H groups in total. The highest BCUT2D eigenvalue weighted by Gasteiger charge is 2.33. The molecule has 0 spiro atoms. The highest BCUT2D eigenvalue weighted by molar-refractivity contribution is 7.48. The highest BCUT2D eigenvalue weighted by Crippen LogP contribution is 2.51. The van der Waals surface area contributed by atoms with Crippen LogP contribution in [0.5, 0.6) is 0 Å². The maximum absolute atomic E-state index is 14.9. The van der Waals surface area contributed by atoms with Crippen LogP contribution in [0.25, 0.3) is 0 Å². The first-order valence-electron chi connectivity index (χ1n) is 22.3. The number of benzene rings is 3. The Labute approximate surface area is 355 Å². The molecule has 59 heavy (non-hydrogen) atoms. The van der Waals surface area contributed by atoms with Gasteiger partial charge in [-0.2, -0.15) is 0 Å². The molecule has 0 heterocycles. The lowest BCUT2D eigenvalue weighted by atomic mass is 10.1. The number of unbranched alkanes of at least 4 members (excludes halogenated alkanes) is 12. The number of amides is 3. The molecule has 10 nitrogen and oxygen atoms in total. The third-order valence-electron chi connectivity index (χ3n) is 10.3.